The minimum atomic E-state index is -0.675. The standard InChI is InChI=1S/C14H17NO2/c16-14(17)13-8-15-7-12(13)11-4-2-1-3-10(11)9-5-6-9/h1-4,9,12-13,15H,5-8H2,(H,16,17). The molecular formula is C14H17NO2. The molecule has 2 N–H and O–H groups in total. The zero-order valence-corrected chi connectivity index (χ0v) is 9.73. The van der Waals surface area contributed by atoms with Crippen LogP contribution in [0.4, 0.5) is 0 Å². The van der Waals surface area contributed by atoms with Crippen LogP contribution in [-0.2, 0) is 4.79 Å². The van der Waals surface area contributed by atoms with E-state index >= 15 is 0 Å². The second kappa shape index (κ2) is 4.15. The summed E-state index contributed by atoms with van der Waals surface area (Å²) in [5, 5.41) is 12.5. The van der Waals surface area contributed by atoms with Crippen molar-refractivity contribution >= 4 is 5.97 Å². The maximum Gasteiger partial charge on any atom is 0.308 e. The number of aliphatic carboxylic acids is 1. The lowest BCUT2D eigenvalue weighted by atomic mass is 9.85. The molecule has 17 heavy (non-hydrogen) atoms. The molecule has 0 aromatic heterocycles. The predicted molar refractivity (Wildman–Crippen MR) is 65.2 cm³/mol. The Kier molecular flexibility index (Phi) is 2.63. The van der Waals surface area contributed by atoms with Gasteiger partial charge < -0.3 is 10.4 Å². The van der Waals surface area contributed by atoms with Crippen LogP contribution in [0.2, 0.25) is 0 Å². The van der Waals surface area contributed by atoms with Crippen molar-refractivity contribution in [2.75, 3.05) is 13.1 Å². The average molecular weight is 231 g/mol. The Morgan fingerprint density at radius 2 is 1.88 bits per heavy atom. The van der Waals surface area contributed by atoms with E-state index in [2.05, 4.69) is 23.5 Å². The van der Waals surface area contributed by atoms with E-state index in [4.69, 9.17) is 0 Å². The van der Waals surface area contributed by atoms with Crippen LogP contribution in [-0.4, -0.2) is 24.2 Å². The number of benzene rings is 1. The van der Waals surface area contributed by atoms with Crippen LogP contribution >= 0.6 is 0 Å². The Labute approximate surface area is 101 Å². The maximum atomic E-state index is 11.2. The molecule has 1 aliphatic heterocycles. The summed E-state index contributed by atoms with van der Waals surface area (Å²) >= 11 is 0. The number of carboxylic acid groups (broad SMARTS) is 1. The van der Waals surface area contributed by atoms with Crippen LogP contribution in [0.1, 0.15) is 35.8 Å². The first kappa shape index (κ1) is 10.8. The number of carboxylic acids is 1. The smallest absolute Gasteiger partial charge is 0.308 e. The molecule has 2 unspecified atom stereocenters. The minimum Gasteiger partial charge on any atom is -0.481 e. The molecule has 0 amide bonds. The molecule has 1 aromatic carbocycles. The van der Waals surface area contributed by atoms with E-state index in [0.29, 0.717) is 12.5 Å². The third-order valence-electron chi connectivity index (χ3n) is 3.94. The molecule has 1 saturated carbocycles. The SMILES string of the molecule is O=C(O)C1CNCC1c1ccccc1C1CC1. The number of nitrogens with one attached hydrogen (secondary N) is 1. The Morgan fingerprint density at radius 3 is 2.53 bits per heavy atom. The van der Waals surface area contributed by atoms with Gasteiger partial charge >= 0.3 is 5.97 Å². The molecule has 0 spiro atoms. The lowest BCUT2D eigenvalue weighted by Crippen LogP contribution is -2.21. The largest absolute Gasteiger partial charge is 0.481 e. The Morgan fingerprint density at radius 1 is 1.18 bits per heavy atom. The van der Waals surface area contributed by atoms with E-state index in [0.717, 1.165) is 6.54 Å². The topological polar surface area (TPSA) is 49.3 Å². The summed E-state index contributed by atoms with van der Waals surface area (Å²) in [6, 6.07) is 8.37. The number of rotatable bonds is 3. The highest BCUT2D eigenvalue weighted by Crippen LogP contribution is 2.44. The zero-order chi connectivity index (χ0) is 11.8. The highest BCUT2D eigenvalue weighted by Gasteiger charge is 2.37. The molecular weight excluding hydrogens is 214 g/mol. The fraction of sp³-hybridized carbons (Fsp3) is 0.500. The van der Waals surface area contributed by atoms with Crippen molar-refractivity contribution in [3.05, 3.63) is 35.4 Å². The zero-order valence-electron chi connectivity index (χ0n) is 9.73. The molecule has 2 atom stereocenters. The second-order valence-corrected chi connectivity index (χ2v) is 5.11. The van der Waals surface area contributed by atoms with Gasteiger partial charge in [0.2, 0.25) is 0 Å². The van der Waals surface area contributed by atoms with E-state index in [1.807, 2.05) is 6.07 Å². The van der Waals surface area contributed by atoms with E-state index in [-0.39, 0.29) is 11.8 Å². The highest BCUT2D eigenvalue weighted by molar-refractivity contribution is 5.72. The second-order valence-electron chi connectivity index (χ2n) is 5.11. The first-order valence-electron chi connectivity index (χ1n) is 6.29. The van der Waals surface area contributed by atoms with Gasteiger partial charge in [0.25, 0.3) is 0 Å². The van der Waals surface area contributed by atoms with Gasteiger partial charge in [0, 0.05) is 19.0 Å². The summed E-state index contributed by atoms with van der Waals surface area (Å²) in [5.41, 5.74) is 2.64. The Balaban J connectivity index is 1.95. The van der Waals surface area contributed by atoms with E-state index in [1.165, 1.54) is 24.0 Å². The molecule has 3 rings (SSSR count). The maximum absolute atomic E-state index is 11.2. The summed E-state index contributed by atoms with van der Waals surface area (Å²) in [4.78, 5) is 11.2. The Hall–Kier alpha value is -1.35. The summed E-state index contributed by atoms with van der Waals surface area (Å²) in [7, 11) is 0. The van der Waals surface area contributed by atoms with Gasteiger partial charge in [0.1, 0.15) is 0 Å². The fourth-order valence-corrected chi connectivity index (χ4v) is 2.88. The van der Waals surface area contributed by atoms with Crippen molar-refractivity contribution in [3.8, 4) is 0 Å². The summed E-state index contributed by atoms with van der Waals surface area (Å²) in [5.74, 6) is -0.119. The van der Waals surface area contributed by atoms with Crippen molar-refractivity contribution in [1.82, 2.24) is 5.32 Å². The van der Waals surface area contributed by atoms with Crippen molar-refractivity contribution in [2.24, 2.45) is 5.92 Å². The molecule has 2 aliphatic rings. The molecule has 3 nitrogen and oxygen atoms in total. The van der Waals surface area contributed by atoms with Gasteiger partial charge in [-0.1, -0.05) is 24.3 Å². The normalized spacial score (nSPS) is 28.2. The fourth-order valence-electron chi connectivity index (χ4n) is 2.88. The molecule has 0 radical (unpaired) electrons. The molecule has 1 saturated heterocycles. The number of hydrogen-bond donors (Lipinski definition) is 2. The molecule has 1 aromatic rings. The van der Waals surface area contributed by atoms with Gasteiger partial charge in [-0.3, -0.25) is 4.79 Å². The average Bonchev–Trinajstić information content (AvgIpc) is 3.06. The molecule has 1 heterocycles. The van der Waals surface area contributed by atoms with Crippen LogP contribution in [0.25, 0.3) is 0 Å². The first-order valence-corrected chi connectivity index (χ1v) is 6.29. The van der Waals surface area contributed by atoms with Crippen molar-refractivity contribution < 1.29 is 9.90 Å². The molecule has 1 aliphatic carbocycles. The lowest BCUT2D eigenvalue weighted by Gasteiger charge is -2.18. The van der Waals surface area contributed by atoms with Gasteiger partial charge in [0.15, 0.2) is 0 Å². The van der Waals surface area contributed by atoms with Crippen molar-refractivity contribution in [2.45, 2.75) is 24.7 Å². The van der Waals surface area contributed by atoms with Gasteiger partial charge in [-0.2, -0.15) is 0 Å². The highest BCUT2D eigenvalue weighted by atomic mass is 16.4. The molecule has 0 bridgehead atoms. The third kappa shape index (κ3) is 1.95. The predicted octanol–water partition coefficient (Wildman–Crippen LogP) is 1.95. The Bertz CT molecular complexity index is 440. The third-order valence-corrected chi connectivity index (χ3v) is 3.94. The van der Waals surface area contributed by atoms with Gasteiger partial charge in [0.05, 0.1) is 5.92 Å². The van der Waals surface area contributed by atoms with E-state index in [9.17, 15) is 9.90 Å². The monoisotopic (exact) mass is 231 g/mol. The van der Waals surface area contributed by atoms with Crippen LogP contribution in [0.5, 0.6) is 0 Å². The van der Waals surface area contributed by atoms with E-state index < -0.39 is 5.97 Å². The van der Waals surface area contributed by atoms with Gasteiger partial charge in [-0.25, -0.2) is 0 Å². The summed E-state index contributed by atoms with van der Waals surface area (Å²) < 4.78 is 0. The molecule has 3 heteroatoms. The van der Waals surface area contributed by atoms with E-state index in [1.54, 1.807) is 0 Å². The quantitative estimate of drug-likeness (QED) is 0.836. The van der Waals surface area contributed by atoms with Crippen LogP contribution < -0.4 is 5.32 Å². The van der Waals surface area contributed by atoms with Crippen LogP contribution in [0.3, 0.4) is 0 Å². The van der Waals surface area contributed by atoms with Crippen molar-refractivity contribution in [3.63, 3.8) is 0 Å². The summed E-state index contributed by atoms with van der Waals surface area (Å²) in [6.45, 7) is 1.39. The minimum absolute atomic E-state index is 0.143. The van der Waals surface area contributed by atoms with Crippen LogP contribution in [0.15, 0.2) is 24.3 Å². The molecule has 2 fully saturated rings. The van der Waals surface area contributed by atoms with Crippen LogP contribution in [0, 0.1) is 5.92 Å². The molecule has 90 valence electrons. The van der Waals surface area contributed by atoms with Crippen molar-refractivity contribution in [1.29, 1.82) is 0 Å². The van der Waals surface area contributed by atoms with Gasteiger partial charge in [-0.15, -0.1) is 0 Å². The summed E-state index contributed by atoms with van der Waals surface area (Å²) in [6.07, 6.45) is 2.52. The lowest BCUT2D eigenvalue weighted by molar-refractivity contribution is -0.141. The number of hydrogen-bond acceptors (Lipinski definition) is 2. The van der Waals surface area contributed by atoms with Gasteiger partial charge in [-0.05, 0) is 29.9 Å². The number of carbonyl (C=O) groups is 1. The first-order chi connectivity index (χ1) is 8.27.